The van der Waals surface area contributed by atoms with E-state index in [0.29, 0.717) is 24.0 Å². The van der Waals surface area contributed by atoms with Gasteiger partial charge in [0.1, 0.15) is 5.76 Å². The van der Waals surface area contributed by atoms with Gasteiger partial charge in [0.25, 0.3) is 0 Å². The van der Waals surface area contributed by atoms with Gasteiger partial charge in [-0.05, 0) is 52.3 Å². The molecule has 1 fully saturated rings. The maximum atomic E-state index is 12.4. The van der Waals surface area contributed by atoms with Crippen LogP contribution in [0.2, 0.25) is 0 Å². The molecule has 1 aliphatic rings. The molecule has 158 valence electrons. The summed E-state index contributed by atoms with van der Waals surface area (Å²) in [6, 6.07) is 5.86. The lowest BCUT2D eigenvalue weighted by atomic mass is 9.93. The third kappa shape index (κ3) is 5.22. The maximum absolute atomic E-state index is 12.4. The van der Waals surface area contributed by atoms with Crippen molar-refractivity contribution in [1.29, 1.82) is 0 Å². The van der Waals surface area contributed by atoms with E-state index in [1.54, 1.807) is 24.3 Å². The number of hydrogen-bond acceptors (Lipinski definition) is 8. The summed E-state index contributed by atoms with van der Waals surface area (Å²) in [4.78, 5) is 23.8. The summed E-state index contributed by atoms with van der Waals surface area (Å²) < 4.78 is 5.00. The fourth-order valence-corrected chi connectivity index (χ4v) is 4.47. The minimum atomic E-state index is -0.0809. The maximum Gasteiger partial charge on any atom is 0.239 e. The summed E-state index contributed by atoms with van der Waals surface area (Å²) in [7, 11) is 0. The van der Waals surface area contributed by atoms with Crippen molar-refractivity contribution in [2.75, 3.05) is 30.3 Å². The van der Waals surface area contributed by atoms with Gasteiger partial charge in [-0.15, -0.1) is 11.3 Å². The van der Waals surface area contributed by atoms with Gasteiger partial charge in [0.15, 0.2) is 10.9 Å². The first-order valence-electron chi connectivity index (χ1n) is 10.1. The molecule has 0 spiro atoms. The van der Waals surface area contributed by atoms with Crippen LogP contribution >= 0.6 is 11.3 Å². The number of amides is 1. The lowest BCUT2D eigenvalue weighted by molar-refractivity contribution is -0.117. The topological polar surface area (TPSA) is 96.2 Å². The van der Waals surface area contributed by atoms with Crippen LogP contribution < -0.4 is 10.6 Å². The monoisotopic (exact) mass is 426 g/mol. The zero-order valence-corrected chi connectivity index (χ0v) is 18.3. The van der Waals surface area contributed by atoms with Gasteiger partial charge in [-0.2, -0.15) is 0 Å². The van der Waals surface area contributed by atoms with E-state index in [0.717, 1.165) is 53.8 Å². The quantitative estimate of drug-likeness (QED) is 0.615. The number of aryl methyl sites for hydroxylation is 3. The summed E-state index contributed by atoms with van der Waals surface area (Å²) in [5.41, 5.74) is 4.04. The molecule has 0 aliphatic carbocycles. The van der Waals surface area contributed by atoms with Crippen molar-refractivity contribution < 1.29 is 9.32 Å². The van der Waals surface area contributed by atoms with Crippen LogP contribution in [-0.4, -0.2) is 45.6 Å². The van der Waals surface area contributed by atoms with Gasteiger partial charge in [-0.25, -0.2) is 4.98 Å². The minimum Gasteiger partial charge on any atom is -0.360 e. The van der Waals surface area contributed by atoms with Gasteiger partial charge in [-0.3, -0.25) is 14.7 Å². The number of pyridine rings is 1. The third-order valence-electron chi connectivity index (χ3n) is 5.03. The van der Waals surface area contributed by atoms with Crippen molar-refractivity contribution in [3.05, 3.63) is 46.4 Å². The van der Waals surface area contributed by atoms with Crippen LogP contribution in [0, 0.1) is 20.8 Å². The Balaban J connectivity index is 1.40. The van der Waals surface area contributed by atoms with E-state index in [1.165, 1.54) is 0 Å². The highest BCUT2D eigenvalue weighted by Gasteiger charge is 2.24. The van der Waals surface area contributed by atoms with E-state index >= 15 is 0 Å². The second-order valence-electron chi connectivity index (χ2n) is 7.79. The molecule has 3 aromatic rings. The Hall–Kier alpha value is -2.78. The zero-order valence-electron chi connectivity index (χ0n) is 17.4. The largest absolute Gasteiger partial charge is 0.360 e. The molecule has 1 saturated heterocycles. The summed E-state index contributed by atoms with van der Waals surface area (Å²) in [5, 5.41) is 12.9. The van der Waals surface area contributed by atoms with E-state index in [2.05, 4.69) is 31.7 Å². The second kappa shape index (κ2) is 8.93. The van der Waals surface area contributed by atoms with Crippen molar-refractivity contribution in [1.82, 2.24) is 20.0 Å². The standard InChI is InChI=1S/C21H26N6O2S/c1-13-7-17(24-21-23-14(2)12-30-21)9-18(22-13)16-5-4-6-27(10-16)11-20(28)25-19-8-15(3)29-26-19/h7-9,12,16H,4-6,10-11H2,1-3H3,(H,22,23,24)(H,25,26,28). The Labute approximate surface area is 179 Å². The van der Waals surface area contributed by atoms with Gasteiger partial charge >= 0.3 is 0 Å². The van der Waals surface area contributed by atoms with Gasteiger partial charge in [0.05, 0.1) is 12.2 Å². The summed E-state index contributed by atoms with van der Waals surface area (Å²) in [6.45, 7) is 7.83. The zero-order chi connectivity index (χ0) is 21.1. The number of aromatic nitrogens is 3. The molecule has 0 aromatic carbocycles. The molecule has 1 atom stereocenters. The van der Waals surface area contributed by atoms with Gasteiger partial charge in [0, 0.05) is 41.0 Å². The molecule has 2 N–H and O–H groups in total. The molecule has 1 unspecified atom stereocenters. The number of rotatable bonds is 6. The molecule has 9 heteroatoms. The fourth-order valence-electron chi connectivity index (χ4n) is 3.76. The average Bonchev–Trinajstić information content (AvgIpc) is 3.29. The van der Waals surface area contributed by atoms with Crippen molar-refractivity contribution in [3.8, 4) is 0 Å². The molecular formula is C21H26N6O2S. The van der Waals surface area contributed by atoms with Crippen molar-refractivity contribution in [2.45, 2.75) is 39.5 Å². The number of hydrogen-bond donors (Lipinski definition) is 2. The number of piperidine rings is 1. The van der Waals surface area contributed by atoms with Gasteiger partial charge in [-0.1, -0.05) is 5.16 Å². The molecule has 4 rings (SSSR count). The van der Waals surface area contributed by atoms with Crippen LogP contribution in [0.5, 0.6) is 0 Å². The molecule has 0 bridgehead atoms. The smallest absolute Gasteiger partial charge is 0.239 e. The van der Waals surface area contributed by atoms with E-state index in [1.807, 2.05) is 25.3 Å². The molecule has 3 aromatic heterocycles. The molecule has 1 aliphatic heterocycles. The van der Waals surface area contributed by atoms with Gasteiger partial charge < -0.3 is 15.2 Å². The van der Waals surface area contributed by atoms with E-state index in [-0.39, 0.29) is 5.91 Å². The normalized spacial score (nSPS) is 17.1. The molecule has 1 amide bonds. The highest BCUT2D eigenvalue weighted by molar-refractivity contribution is 7.13. The number of carbonyl (C=O) groups excluding carboxylic acids is 1. The van der Waals surface area contributed by atoms with Gasteiger partial charge in [0.2, 0.25) is 5.91 Å². The summed E-state index contributed by atoms with van der Waals surface area (Å²) in [6.07, 6.45) is 2.10. The molecule has 8 nitrogen and oxygen atoms in total. The van der Waals surface area contributed by atoms with Crippen molar-refractivity contribution >= 4 is 33.9 Å². The number of anilines is 3. The molecule has 0 saturated carbocycles. The van der Waals surface area contributed by atoms with Crippen LogP contribution in [0.1, 0.15) is 41.6 Å². The predicted octanol–water partition coefficient (Wildman–Crippen LogP) is 4.01. The van der Waals surface area contributed by atoms with E-state index in [4.69, 9.17) is 9.51 Å². The first-order chi connectivity index (χ1) is 14.4. The highest BCUT2D eigenvalue weighted by Crippen LogP contribution is 2.29. The molecule has 4 heterocycles. The first-order valence-corrected chi connectivity index (χ1v) is 11.0. The van der Waals surface area contributed by atoms with Crippen LogP contribution in [0.25, 0.3) is 0 Å². The lowest BCUT2D eigenvalue weighted by Gasteiger charge is -2.32. The van der Waals surface area contributed by atoms with Crippen LogP contribution in [0.3, 0.4) is 0 Å². The Bertz CT molecular complexity index is 1030. The average molecular weight is 427 g/mol. The molecular weight excluding hydrogens is 400 g/mol. The number of carbonyl (C=O) groups is 1. The Morgan fingerprint density at radius 2 is 2.10 bits per heavy atom. The van der Waals surface area contributed by atoms with E-state index < -0.39 is 0 Å². The summed E-state index contributed by atoms with van der Waals surface area (Å²) >= 11 is 1.59. The number of thiazole rings is 1. The van der Waals surface area contributed by atoms with Crippen LogP contribution in [0.4, 0.5) is 16.6 Å². The van der Waals surface area contributed by atoms with Crippen LogP contribution in [0.15, 0.2) is 28.1 Å². The predicted molar refractivity (Wildman–Crippen MR) is 117 cm³/mol. The molecule has 0 radical (unpaired) electrons. The summed E-state index contributed by atoms with van der Waals surface area (Å²) in [5.74, 6) is 1.34. The fraction of sp³-hybridized carbons (Fsp3) is 0.429. The van der Waals surface area contributed by atoms with Crippen molar-refractivity contribution in [2.24, 2.45) is 0 Å². The second-order valence-corrected chi connectivity index (χ2v) is 8.64. The highest BCUT2D eigenvalue weighted by atomic mass is 32.1. The lowest BCUT2D eigenvalue weighted by Crippen LogP contribution is -2.40. The Kier molecular flexibility index (Phi) is 6.10. The Morgan fingerprint density at radius 1 is 1.23 bits per heavy atom. The number of nitrogens with one attached hydrogen (secondary N) is 2. The number of likely N-dealkylation sites (tertiary alicyclic amines) is 1. The Morgan fingerprint density at radius 3 is 2.83 bits per heavy atom. The SMILES string of the molecule is Cc1cc(Nc2nc(C)cs2)cc(C2CCCN(CC(=O)Nc3cc(C)on3)C2)n1. The van der Waals surface area contributed by atoms with E-state index in [9.17, 15) is 4.79 Å². The van der Waals surface area contributed by atoms with Crippen molar-refractivity contribution in [3.63, 3.8) is 0 Å². The first kappa shape index (κ1) is 20.5. The molecule has 30 heavy (non-hydrogen) atoms. The number of nitrogens with zero attached hydrogens (tertiary/aromatic N) is 4. The third-order valence-corrected chi connectivity index (χ3v) is 5.91. The minimum absolute atomic E-state index is 0.0809. The van der Waals surface area contributed by atoms with Crippen LogP contribution in [-0.2, 0) is 4.79 Å².